The molecule has 0 bridgehead atoms. The largest absolute Gasteiger partial charge is 0.342 e. The van der Waals surface area contributed by atoms with E-state index in [9.17, 15) is 18.0 Å². The summed E-state index contributed by atoms with van der Waals surface area (Å²) < 4.78 is 22.3. The van der Waals surface area contributed by atoms with Crippen LogP contribution in [-0.2, 0) is 19.4 Å². The van der Waals surface area contributed by atoms with Crippen molar-refractivity contribution in [2.75, 3.05) is 18.6 Å². The van der Waals surface area contributed by atoms with Gasteiger partial charge in [0.2, 0.25) is 11.8 Å². The highest BCUT2D eigenvalue weighted by atomic mass is 32.2. The Labute approximate surface area is 120 Å². The number of carbonyl (C=O) groups excluding carboxylic acids is 2. The van der Waals surface area contributed by atoms with Crippen LogP contribution < -0.4 is 5.32 Å². The van der Waals surface area contributed by atoms with Gasteiger partial charge < -0.3 is 10.2 Å². The smallest absolute Gasteiger partial charge is 0.248 e. The minimum atomic E-state index is -3.03. The van der Waals surface area contributed by atoms with Crippen LogP contribution in [0.15, 0.2) is 0 Å². The molecule has 1 fully saturated rings. The van der Waals surface area contributed by atoms with Crippen molar-refractivity contribution in [3.8, 4) is 0 Å². The fourth-order valence-corrected chi connectivity index (χ4v) is 3.02. The molecule has 0 aromatic heterocycles. The summed E-state index contributed by atoms with van der Waals surface area (Å²) in [5, 5.41) is 2.77. The second kappa shape index (κ2) is 6.11. The van der Waals surface area contributed by atoms with Gasteiger partial charge in [-0.1, -0.05) is 6.92 Å². The number of rotatable bonds is 5. The van der Waals surface area contributed by atoms with Crippen LogP contribution in [0.5, 0.6) is 0 Å². The van der Waals surface area contributed by atoms with Gasteiger partial charge in [-0.25, -0.2) is 8.42 Å². The molecular formula is C13H24N2O4S. The zero-order chi connectivity index (χ0) is 15.6. The van der Waals surface area contributed by atoms with Crippen molar-refractivity contribution in [2.24, 2.45) is 0 Å². The molecule has 0 spiro atoms. The maximum atomic E-state index is 12.6. The highest BCUT2D eigenvalue weighted by molar-refractivity contribution is 7.90. The molecule has 0 radical (unpaired) electrons. The topological polar surface area (TPSA) is 83.6 Å². The molecule has 1 rings (SSSR count). The van der Waals surface area contributed by atoms with E-state index in [0.29, 0.717) is 19.4 Å². The zero-order valence-electron chi connectivity index (χ0n) is 12.6. The van der Waals surface area contributed by atoms with E-state index in [0.717, 1.165) is 0 Å². The van der Waals surface area contributed by atoms with Crippen LogP contribution in [0.1, 0.15) is 40.0 Å². The van der Waals surface area contributed by atoms with Gasteiger partial charge in [-0.2, -0.15) is 0 Å². The first-order valence-corrected chi connectivity index (χ1v) is 8.95. The van der Waals surface area contributed by atoms with E-state index in [1.165, 1.54) is 6.26 Å². The highest BCUT2D eigenvalue weighted by Crippen LogP contribution is 2.21. The van der Waals surface area contributed by atoms with Crippen molar-refractivity contribution in [2.45, 2.75) is 51.6 Å². The molecule has 1 heterocycles. The third kappa shape index (κ3) is 4.19. The summed E-state index contributed by atoms with van der Waals surface area (Å²) >= 11 is 0. The monoisotopic (exact) mass is 304 g/mol. The second-order valence-electron chi connectivity index (χ2n) is 5.77. The third-order valence-corrected chi connectivity index (χ3v) is 4.81. The molecule has 1 saturated heterocycles. The molecule has 7 heteroatoms. The maximum absolute atomic E-state index is 12.6. The number of nitrogens with one attached hydrogen (secondary N) is 1. The lowest BCUT2D eigenvalue weighted by molar-refractivity contribution is -0.139. The Bertz CT molecular complexity index is 489. The van der Waals surface area contributed by atoms with E-state index in [2.05, 4.69) is 5.32 Å². The number of amides is 2. The minimum absolute atomic E-state index is 0.0493. The lowest BCUT2D eigenvalue weighted by Crippen LogP contribution is -2.55. The minimum Gasteiger partial charge on any atom is -0.342 e. The number of carbonyl (C=O) groups is 2. The van der Waals surface area contributed by atoms with Crippen molar-refractivity contribution < 1.29 is 18.0 Å². The molecule has 2 amide bonds. The summed E-state index contributed by atoms with van der Waals surface area (Å²) in [4.78, 5) is 26.0. The Hall–Kier alpha value is -1.11. The van der Waals surface area contributed by atoms with E-state index in [-0.39, 0.29) is 30.0 Å². The van der Waals surface area contributed by atoms with Gasteiger partial charge in [-0.3, -0.25) is 9.59 Å². The van der Waals surface area contributed by atoms with Crippen LogP contribution in [0.25, 0.3) is 0 Å². The molecular weight excluding hydrogens is 280 g/mol. The Morgan fingerprint density at radius 2 is 2.00 bits per heavy atom. The molecule has 20 heavy (non-hydrogen) atoms. The van der Waals surface area contributed by atoms with Crippen molar-refractivity contribution in [3.05, 3.63) is 0 Å². The molecule has 0 saturated carbocycles. The number of sulfone groups is 1. The van der Waals surface area contributed by atoms with Crippen LogP contribution >= 0.6 is 0 Å². The van der Waals surface area contributed by atoms with Crippen LogP contribution in [-0.4, -0.2) is 55.3 Å². The lowest BCUT2D eigenvalue weighted by Gasteiger charge is -2.33. The van der Waals surface area contributed by atoms with Crippen LogP contribution in [0.4, 0.5) is 0 Å². The summed E-state index contributed by atoms with van der Waals surface area (Å²) in [6.07, 6.45) is 2.33. The van der Waals surface area contributed by atoms with Crippen molar-refractivity contribution >= 4 is 21.7 Å². The molecule has 2 unspecified atom stereocenters. The van der Waals surface area contributed by atoms with E-state index in [1.54, 1.807) is 11.8 Å². The summed E-state index contributed by atoms with van der Waals surface area (Å²) in [7, 11) is -3.03. The molecule has 1 aliphatic heterocycles. The average molecular weight is 304 g/mol. The molecule has 1 N–H and O–H groups in total. The van der Waals surface area contributed by atoms with E-state index < -0.39 is 15.4 Å². The first kappa shape index (κ1) is 16.9. The van der Waals surface area contributed by atoms with Gasteiger partial charge in [0, 0.05) is 25.3 Å². The molecule has 0 aliphatic carbocycles. The van der Waals surface area contributed by atoms with Gasteiger partial charge in [-0.15, -0.1) is 0 Å². The molecule has 116 valence electrons. The predicted molar refractivity (Wildman–Crippen MR) is 77.0 cm³/mol. The van der Waals surface area contributed by atoms with Crippen LogP contribution in [0, 0.1) is 0 Å². The molecule has 0 aromatic carbocycles. The fourth-order valence-electron chi connectivity index (χ4n) is 2.37. The average Bonchev–Trinajstić information content (AvgIpc) is 2.38. The van der Waals surface area contributed by atoms with Gasteiger partial charge in [-0.05, 0) is 26.7 Å². The van der Waals surface area contributed by atoms with Crippen molar-refractivity contribution in [1.29, 1.82) is 0 Å². The SMILES string of the molecule is CCC1(C)NC(=O)CC(C)N(CCCS(C)(=O)=O)C1=O. The third-order valence-electron chi connectivity index (χ3n) is 3.78. The Morgan fingerprint density at radius 3 is 2.50 bits per heavy atom. The van der Waals surface area contributed by atoms with Gasteiger partial charge >= 0.3 is 0 Å². The standard InChI is InChI=1S/C13H24N2O4S/c1-5-13(3)12(17)15(7-6-8-20(4,18)19)10(2)9-11(16)14-13/h10H,5-9H2,1-4H3,(H,14,16). The van der Waals surface area contributed by atoms with Crippen molar-refractivity contribution in [3.63, 3.8) is 0 Å². The van der Waals surface area contributed by atoms with Gasteiger partial charge in [0.25, 0.3) is 0 Å². The van der Waals surface area contributed by atoms with Gasteiger partial charge in [0.15, 0.2) is 0 Å². The van der Waals surface area contributed by atoms with E-state index in [1.807, 2.05) is 13.8 Å². The Kier molecular flexibility index (Phi) is 5.18. The normalized spacial score (nSPS) is 28.2. The van der Waals surface area contributed by atoms with E-state index in [4.69, 9.17) is 0 Å². The second-order valence-corrected chi connectivity index (χ2v) is 8.03. The van der Waals surface area contributed by atoms with Gasteiger partial charge in [0.05, 0.1) is 5.75 Å². The number of nitrogens with zero attached hydrogens (tertiary/aromatic N) is 1. The summed E-state index contributed by atoms with van der Waals surface area (Å²) in [5.41, 5.74) is -0.896. The zero-order valence-corrected chi connectivity index (χ0v) is 13.4. The molecule has 6 nitrogen and oxygen atoms in total. The van der Waals surface area contributed by atoms with Crippen molar-refractivity contribution in [1.82, 2.24) is 10.2 Å². The highest BCUT2D eigenvalue weighted by Gasteiger charge is 2.41. The Morgan fingerprint density at radius 1 is 1.40 bits per heavy atom. The lowest BCUT2D eigenvalue weighted by atomic mass is 9.97. The first-order valence-electron chi connectivity index (χ1n) is 6.89. The quantitative estimate of drug-likeness (QED) is 0.793. The predicted octanol–water partition coefficient (Wildman–Crippen LogP) is 0.327. The van der Waals surface area contributed by atoms with Gasteiger partial charge in [0.1, 0.15) is 15.4 Å². The summed E-state index contributed by atoms with van der Waals surface area (Å²) in [6, 6.07) is -0.213. The summed E-state index contributed by atoms with van der Waals surface area (Å²) in [5.74, 6) is -0.221. The summed E-state index contributed by atoms with van der Waals surface area (Å²) in [6.45, 7) is 5.74. The number of hydrogen-bond donors (Lipinski definition) is 1. The first-order chi connectivity index (χ1) is 9.09. The van der Waals surface area contributed by atoms with Crippen LogP contribution in [0.2, 0.25) is 0 Å². The van der Waals surface area contributed by atoms with Crippen LogP contribution in [0.3, 0.4) is 0 Å². The molecule has 1 aliphatic rings. The number of hydrogen-bond acceptors (Lipinski definition) is 4. The fraction of sp³-hybridized carbons (Fsp3) is 0.846. The Balaban J connectivity index is 2.85. The van der Waals surface area contributed by atoms with E-state index >= 15 is 0 Å². The molecule has 0 aromatic rings. The molecule has 2 atom stereocenters. The maximum Gasteiger partial charge on any atom is 0.248 e.